The van der Waals surface area contributed by atoms with Crippen LogP contribution in [0.15, 0.2) is 35.9 Å². The molecule has 4 atom stereocenters. The van der Waals surface area contributed by atoms with Gasteiger partial charge in [-0.25, -0.2) is 0 Å². The van der Waals surface area contributed by atoms with Gasteiger partial charge in [0.1, 0.15) is 5.78 Å². The van der Waals surface area contributed by atoms with Crippen molar-refractivity contribution in [3.05, 3.63) is 41.5 Å². The summed E-state index contributed by atoms with van der Waals surface area (Å²) in [5.74, 6) is 2.84. The fourth-order valence-electron chi connectivity index (χ4n) is 4.50. The highest BCUT2D eigenvalue weighted by molar-refractivity contribution is 5.92. The first-order chi connectivity index (χ1) is 8.27. The maximum Gasteiger partial charge on any atom is 0.136 e. The number of benzene rings is 1. The molecule has 1 aromatic carbocycles. The Morgan fingerprint density at radius 2 is 1.88 bits per heavy atom. The maximum atomic E-state index is 11.9. The van der Waals surface area contributed by atoms with Crippen molar-refractivity contribution in [2.45, 2.75) is 19.8 Å². The highest BCUT2D eigenvalue weighted by Crippen LogP contribution is 2.64. The van der Waals surface area contributed by atoms with E-state index in [0.717, 1.165) is 18.8 Å². The summed E-state index contributed by atoms with van der Waals surface area (Å²) in [7, 11) is 0. The van der Waals surface area contributed by atoms with Gasteiger partial charge in [-0.1, -0.05) is 35.9 Å². The van der Waals surface area contributed by atoms with Crippen LogP contribution in [0.2, 0.25) is 0 Å². The van der Waals surface area contributed by atoms with Crippen LogP contribution in [-0.2, 0) is 4.79 Å². The summed E-state index contributed by atoms with van der Waals surface area (Å²) in [6, 6.07) is 10.6. The Morgan fingerprint density at radius 1 is 1.12 bits per heavy atom. The minimum atomic E-state index is 0.351. The van der Waals surface area contributed by atoms with Gasteiger partial charge >= 0.3 is 0 Å². The van der Waals surface area contributed by atoms with Gasteiger partial charge in [0.2, 0.25) is 0 Å². The molecule has 0 aromatic heterocycles. The van der Waals surface area contributed by atoms with Crippen LogP contribution in [0.4, 0.5) is 0 Å². The Hall–Kier alpha value is -1.37. The van der Waals surface area contributed by atoms with Crippen LogP contribution in [0.3, 0.4) is 0 Å². The first-order valence-electron chi connectivity index (χ1n) is 6.56. The van der Waals surface area contributed by atoms with E-state index in [9.17, 15) is 4.79 Å². The molecule has 0 unspecified atom stereocenters. The summed E-state index contributed by atoms with van der Waals surface area (Å²) in [5.41, 5.74) is 4.38. The minimum Gasteiger partial charge on any atom is -0.299 e. The van der Waals surface area contributed by atoms with Gasteiger partial charge in [0.25, 0.3) is 0 Å². The largest absolute Gasteiger partial charge is 0.299 e. The topological polar surface area (TPSA) is 17.1 Å². The highest BCUT2D eigenvalue weighted by Gasteiger charge is 2.59. The number of Topliss-reactive ketones (excluding diaryl/α,β-unsaturated/α-hetero) is 1. The molecule has 2 fully saturated rings. The molecule has 0 spiro atoms. The number of allylic oxidation sites excluding steroid dienone is 2. The van der Waals surface area contributed by atoms with E-state index in [-0.39, 0.29) is 0 Å². The second kappa shape index (κ2) is 3.10. The van der Waals surface area contributed by atoms with Gasteiger partial charge in [0, 0.05) is 18.3 Å². The van der Waals surface area contributed by atoms with Gasteiger partial charge < -0.3 is 0 Å². The predicted molar refractivity (Wildman–Crippen MR) is 67.2 cm³/mol. The molecule has 17 heavy (non-hydrogen) atoms. The number of carbonyl (C=O) groups excluding carboxylic acids is 1. The summed E-state index contributed by atoms with van der Waals surface area (Å²) in [6.07, 6.45) is 2.01. The van der Waals surface area contributed by atoms with Gasteiger partial charge in [-0.3, -0.25) is 4.79 Å². The summed E-state index contributed by atoms with van der Waals surface area (Å²) >= 11 is 0. The summed E-state index contributed by atoms with van der Waals surface area (Å²) in [6.45, 7) is 2.27. The van der Waals surface area contributed by atoms with Crippen LogP contribution in [0.1, 0.15) is 25.3 Å². The zero-order valence-corrected chi connectivity index (χ0v) is 10.0. The second-order valence-corrected chi connectivity index (χ2v) is 5.79. The Labute approximate surface area is 102 Å². The number of ketones is 1. The number of carbonyl (C=O) groups is 1. The van der Waals surface area contributed by atoms with Crippen molar-refractivity contribution in [3.63, 3.8) is 0 Å². The molecule has 0 amide bonds. The molecule has 0 saturated heterocycles. The first kappa shape index (κ1) is 9.64. The van der Waals surface area contributed by atoms with E-state index >= 15 is 0 Å². The van der Waals surface area contributed by atoms with E-state index < -0.39 is 0 Å². The molecule has 1 aromatic rings. The smallest absolute Gasteiger partial charge is 0.136 e. The second-order valence-electron chi connectivity index (χ2n) is 5.79. The Balaban J connectivity index is 1.79. The van der Waals surface area contributed by atoms with E-state index in [1.807, 2.05) is 0 Å². The average Bonchev–Trinajstić information content (AvgIpc) is 2.83. The van der Waals surface area contributed by atoms with Crippen molar-refractivity contribution in [1.82, 2.24) is 0 Å². The number of hydrogen-bond acceptors (Lipinski definition) is 1. The van der Waals surface area contributed by atoms with Gasteiger partial charge in [0.05, 0.1) is 0 Å². The molecular formula is C16H16O. The fraction of sp³-hybridized carbons (Fsp3) is 0.438. The molecule has 86 valence electrons. The molecule has 2 bridgehead atoms. The van der Waals surface area contributed by atoms with Crippen LogP contribution >= 0.6 is 0 Å². The Bertz CT molecular complexity index is 526. The third-order valence-electron chi connectivity index (χ3n) is 5.10. The fourth-order valence-corrected chi connectivity index (χ4v) is 4.50. The van der Waals surface area contributed by atoms with Gasteiger partial charge in [0.15, 0.2) is 0 Å². The molecule has 0 heterocycles. The Morgan fingerprint density at radius 3 is 2.65 bits per heavy atom. The van der Waals surface area contributed by atoms with Crippen molar-refractivity contribution in [2.24, 2.45) is 23.7 Å². The number of fused-ring (bicyclic) bond motifs is 5. The van der Waals surface area contributed by atoms with Crippen molar-refractivity contribution >= 4 is 11.4 Å². The predicted octanol–water partition coefficient (Wildman–Crippen LogP) is 3.32. The quantitative estimate of drug-likeness (QED) is 0.715. The van der Waals surface area contributed by atoms with Gasteiger partial charge in [-0.15, -0.1) is 0 Å². The third kappa shape index (κ3) is 1.07. The van der Waals surface area contributed by atoms with Crippen LogP contribution in [0, 0.1) is 23.7 Å². The molecule has 4 rings (SSSR count). The molecule has 3 aliphatic rings. The standard InChI is InChI=1S/C16H16O/c1-9-14(10-5-3-2-4-6-10)16-12-7-11(15(9)16)8-13(12)17/h2-6,11-12,15-16H,7-8H2,1H3/t11-,12+,15-,16-/m1/s1. The molecule has 0 N–H and O–H groups in total. The van der Waals surface area contributed by atoms with Crippen molar-refractivity contribution < 1.29 is 4.79 Å². The molecular weight excluding hydrogens is 208 g/mol. The molecule has 0 aliphatic heterocycles. The van der Waals surface area contributed by atoms with E-state index in [1.54, 1.807) is 5.57 Å². The van der Waals surface area contributed by atoms with E-state index in [0.29, 0.717) is 23.5 Å². The zero-order chi connectivity index (χ0) is 11.6. The van der Waals surface area contributed by atoms with Crippen LogP contribution in [-0.4, -0.2) is 5.78 Å². The third-order valence-corrected chi connectivity index (χ3v) is 5.10. The van der Waals surface area contributed by atoms with Crippen molar-refractivity contribution in [2.75, 3.05) is 0 Å². The Kier molecular flexibility index (Phi) is 1.76. The van der Waals surface area contributed by atoms with Crippen LogP contribution < -0.4 is 0 Å². The van der Waals surface area contributed by atoms with Gasteiger partial charge in [-0.05, 0) is 36.3 Å². The van der Waals surface area contributed by atoms with Crippen molar-refractivity contribution in [3.8, 4) is 0 Å². The highest BCUT2D eigenvalue weighted by atomic mass is 16.1. The molecule has 3 aliphatic carbocycles. The van der Waals surface area contributed by atoms with E-state index in [1.165, 1.54) is 11.1 Å². The maximum absolute atomic E-state index is 11.9. The minimum absolute atomic E-state index is 0.351. The van der Waals surface area contributed by atoms with Crippen LogP contribution in [0.25, 0.3) is 5.57 Å². The summed E-state index contributed by atoms with van der Waals surface area (Å²) in [4.78, 5) is 11.9. The number of rotatable bonds is 1. The lowest BCUT2D eigenvalue weighted by molar-refractivity contribution is -0.123. The summed E-state index contributed by atoms with van der Waals surface area (Å²) in [5, 5.41) is 0. The molecule has 2 saturated carbocycles. The average molecular weight is 224 g/mol. The monoisotopic (exact) mass is 224 g/mol. The zero-order valence-electron chi connectivity index (χ0n) is 10.0. The molecule has 1 nitrogen and oxygen atoms in total. The van der Waals surface area contributed by atoms with E-state index in [2.05, 4.69) is 37.3 Å². The van der Waals surface area contributed by atoms with Crippen LogP contribution in [0.5, 0.6) is 0 Å². The van der Waals surface area contributed by atoms with Gasteiger partial charge in [-0.2, -0.15) is 0 Å². The first-order valence-corrected chi connectivity index (χ1v) is 6.56. The SMILES string of the molecule is CC1=C(c2ccccc2)[C@@H]2[C@H]1[C@H]1CC(=O)[C@@H]2C1. The summed E-state index contributed by atoms with van der Waals surface area (Å²) < 4.78 is 0. The lowest BCUT2D eigenvalue weighted by Gasteiger charge is -2.43. The van der Waals surface area contributed by atoms with E-state index in [4.69, 9.17) is 0 Å². The molecule has 0 radical (unpaired) electrons. The number of hydrogen-bond donors (Lipinski definition) is 0. The normalized spacial score (nSPS) is 38.3. The lowest BCUT2D eigenvalue weighted by Crippen LogP contribution is -2.37. The molecule has 1 heteroatoms. The lowest BCUT2D eigenvalue weighted by atomic mass is 9.60. The van der Waals surface area contributed by atoms with Crippen molar-refractivity contribution in [1.29, 1.82) is 0 Å².